The highest BCUT2D eigenvalue weighted by Gasteiger charge is 2.24. The topological polar surface area (TPSA) is 81.4 Å². The largest absolute Gasteiger partial charge is 0.422 e. The molecule has 23 heavy (non-hydrogen) atoms. The third-order valence-corrected chi connectivity index (χ3v) is 4.68. The van der Waals surface area contributed by atoms with Gasteiger partial charge in [0.05, 0.1) is 16.0 Å². The summed E-state index contributed by atoms with van der Waals surface area (Å²) in [6.45, 7) is 0. The van der Waals surface area contributed by atoms with E-state index in [1.807, 2.05) is 0 Å². The smallest absolute Gasteiger partial charge is 0.348 e. The quantitative estimate of drug-likeness (QED) is 0.339. The third kappa shape index (κ3) is 3.54. The van der Waals surface area contributed by atoms with Gasteiger partial charge in [-0.2, -0.15) is 0 Å². The number of benzene rings is 1. The molecule has 0 saturated carbocycles. The van der Waals surface area contributed by atoms with E-state index >= 15 is 0 Å². The van der Waals surface area contributed by atoms with Crippen LogP contribution in [0.5, 0.6) is 0 Å². The molecule has 0 unspecified atom stereocenters. The van der Waals surface area contributed by atoms with E-state index in [1.54, 1.807) is 0 Å². The van der Waals surface area contributed by atoms with Gasteiger partial charge >= 0.3 is 5.63 Å². The molecule has 8 heteroatoms. The van der Waals surface area contributed by atoms with Crippen molar-refractivity contribution in [1.29, 1.82) is 0 Å². The fraction of sp³-hybridized carbons (Fsp3) is 0.200. The van der Waals surface area contributed by atoms with E-state index in [0.717, 1.165) is 0 Å². The molecule has 2 rings (SSSR count). The minimum atomic E-state index is -0.894. The molecule has 1 aromatic heterocycles. The molecular formula is C15H9Br3O5. The second-order valence-electron chi connectivity index (χ2n) is 4.52. The van der Waals surface area contributed by atoms with Gasteiger partial charge in [0, 0.05) is 16.5 Å². The number of rotatable bonds is 6. The lowest BCUT2D eigenvalue weighted by Crippen LogP contribution is -2.22. The molecule has 0 aliphatic rings. The Hall–Kier alpha value is -1.12. The highest BCUT2D eigenvalue weighted by atomic mass is 79.9. The molecule has 0 N–H and O–H groups in total. The first-order valence-electron chi connectivity index (χ1n) is 6.33. The fourth-order valence-corrected chi connectivity index (χ4v) is 3.01. The minimum absolute atomic E-state index is 0.00964. The Morgan fingerprint density at radius 3 is 2.00 bits per heavy atom. The van der Waals surface area contributed by atoms with Crippen molar-refractivity contribution in [1.82, 2.24) is 0 Å². The highest BCUT2D eigenvalue weighted by molar-refractivity contribution is 9.09. The van der Waals surface area contributed by atoms with Crippen LogP contribution >= 0.6 is 47.8 Å². The van der Waals surface area contributed by atoms with Crippen LogP contribution in [0.4, 0.5) is 0 Å². The summed E-state index contributed by atoms with van der Waals surface area (Å²) in [4.78, 5) is 48.1. The molecule has 0 radical (unpaired) electrons. The molecule has 0 bridgehead atoms. The molecule has 120 valence electrons. The molecule has 0 amide bonds. The van der Waals surface area contributed by atoms with Crippen molar-refractivity contribution in [2.45, 2.75) is 0 Å². The zero-order chi connectivity index (χ0) is 17.1. The molecule has 0 saturated heterocycles. The third-order valence-electron chi connectivity index (χ3n) is 3.15. The molecule has 1 heterocycles. The van der Waals surface area contributed by atoms with Crippen molar-refractivity contribution < 1.29 is 18.8 Å². The normalized spacial score (nSPS) is 10.7. The van der Waals surface area contributed by atoms with Crippen LogP contribution in [0.25, 0.3) is 11.0 Å². The van der Waals surface area contributed by atoms with Crippen LogP contribution in [-0.2, 0) is 0 Å². The SMILES string of the molecule is O=C(CBr)c1ccc2c(C(=O)CBr)c(C(=O)CBr)c(=O)oc2c1. The number of halogens is 3. The average Bonchev–Trinajstić information content (AvgIpc) is 2.57. The van der Waals surface area contributed by atoms with Gasteiger partial charge in [0.15, 0.2) is 17.3 Å². The van der Waals surface area contributed by atoms with Crippen LogP contribution in [0.2, 0.25) is 0 Å². The summed E-state index contributed by atoms with van der Waals surface area (Å²) in [5, 5.41) is 0.294. The number of fused-ring (bicyclic) bond motifs is 1. The maximum atomic E-state index is 12.2. The van der Waals surface area contributed by atoms with Crippen molar-refractivity contribution in [3.8, 4) is 0 Å². The van der Waals surface area contributed by atoms with Crippen LogP contribution < -0.4 is 5.63 Å². The maximum absolute atomic E-state index is 12.2. The van der Waals surface area contributed by atoms with Gasteiger partial charge in [-0.25, -0.2) is 4.79 Å². The summed E-state index contributed by atoms with van der Waals surface area (Å²) >= 11 is 9.11. The van der Waals surface area contributed by atoms with Crippen molar-refractivity contribution >= 4 is 76.1 Å². The van der Waals surface area contributed by atoms with Crippen LogP contribution in [-0.4, -0.2) is 33.3 Å². The Bertz CT molecular complexity index is 869. The first-order chi connectivity index (χ1) is 10.9. The van der Waals surface area contributed by atoms with Gasteiger partial charge in [0.25, 0.3) is 0 Å². The number of Topliss-reactive ketones (excluding diaryl/α,β-unsaturated/α-hetero) is 3. The summed E-state index contributed by atoms with van der Waals surface area (Å²) in [7, 11) is 0. The molecule has 0 aliphatic heterocycles. The summed E-state index contributed by atoms with van der Waals surface area (Å²) in [5.74, 6) is -1.14. The van der Waals surface area contributed by atoms with E-state index in [4.69, 9.17) is 4.42 Å². The number of hydrogen-bond acceptors (Lipinski definition) is 5. The van der Waals surface area contributed by atoms with Crippen molar-refractivity contribution in [3.05, 3.63) is 45.3 Å². The monoisotopic (exact) mass is 506 g/mol. The van der Waals surface area contributed by atoms with E-state index in [0.29, 0.717) is 10.9 Å². The van der Waals surface area contributed by atoms with Crippen molar-refractivity contribution in [3.63, 3.8) is 0 Å². The Morgan fingerprint density at radius 2 is 1.43 bits per heavy atom. The summed E-state index contributed by atoms with van der Waals surface area (Å²) in [6, 6.07) is 4.43. The zero-order valence-corrected chi connectivity index (χ0v) is 16.3. The molecule has 0 aliphatic carbocycles. The lowest BCUT2D eigenvalue weighted by molar-refractivity contribution is 0.0985. The minimum Gasteiger partial charge on any atom is -0.422 e. The van der Waals surface area contributed by atoms with Crippen molar-refractivity contribution in [2.75, 3.05) is 16.0 Å². The van der Waals surface area contributed by atoms with E-state index in [-0.39, 0.29) is 38.5 Å². The Kier molecular flexibility index (Phi) is 6.05. The summed E-state index contributed by atoms with van der Waals surface area (Å²) in [5.41, 5.74) is -0.727. The van der Waals surface area contributed by atoms with Gasteiger partial charge in [-0.3, -0.25) is 14.4 Å². The Morgan fingerprint density at radius 1 is 0.870 bits per heavy atom. The van der Waals surface area contributed by atoms with Gasteiger partial charge in [0.2, 0.25) is 0 Å². The molecule has 1 aromatic carbocycles. The van der Waals surface area contributed by atoms with Crippen LogP contribution in [0.3, 0.4) is 0 Å². The highest BCUT2D eigenvalue weighted by Crippen LogP contribution is 2.24. The van der Waals surface area contributed by atoms with Gasteiger partial charge in [-0.1, -0.05) is 53.9 Å². The van der Waals surface area contributed by atoms with Crippen LogP contribution in [0.15, 0.2) is 27.4 Å². The Balaban J connectivity index is 2.87. The standard InChI is InChI=1S/C15H9Br3O5/c16-4-9(19)7-1-2-8-12(3-7)23-15(22)14(11(21)6-18)13(8)10(20)5-17/h1-3H,4-6H2. The van der Waals surface area contributed by atoms with E-state index < -0.39 is 17.2 Å². The average molecular weight is 509 g/mol. The lowest BCUT2D eigenvalue weighted by Gasteiger charge is -2.09. The predicted molar refractivity (Wildman–Crippen MR) is 96.9 cm³/mol. The number of hydrogen-bond donors (Lipinski definition) is 0. The number of carbonyl (C=O) groups excluding carboxylic acids is 3. The molecule has 0 spiro atoms. The van der Waals surface area contributed by atoms with Gasteiger partial charge in [-0.15, -0.1) is 0 Å². The van der Waals surface area contributed by atoms with Crippen LogP contribution in [0, 0.1) is 0 Å². The van der Waals surface area contributed by atoms with Gasteiger partial charge in [0.1, 0.15) is 11.1 Å². The molecular weight excluding hydrogens is 500 g/mol. The number of alkyl halides is 3. The van der Waals surface area contributed by atoms with E-state index in [2.05, 4.69) is 47.8 Å². The fourth-order valence-electron chi connectivity index (χ4n) is 2.13. The molecule has 0 atom stereocenters. The van der Waals surface area contributed by atoms with Crippen LogP contribution in [0.1, 0.15) is 31.1 Å². The molecule has 5 nitrogen and oxygen atoms in total. The number of carbonyl (C=O) groups is 3. The Labute approximate surface area is 155 Å². The number of ketones is 3. The maximum Gasteiger partial charge on any atom is 0.348 e. The first kappa shape index (κ1) is 18.2. The van der Waals surface area contributed by atoms with E-state index in [9.17, 15) is 19.2 Å². The second-order valence-corrected chi connectivity index (χ2v) is 6.20. The summed E-state index contributed by atoms with van der Waals surface area (Å²) < 4.78 is 5.15. The first-order valence-corrected chi connectivity index (χ1v) is 9.69. The lowest BCUT2D eigenvalue weighted by atomic mass is 9.97. The van der Waals surface area contributed by atoms with Gasteiger partial charge < -0.3 is 4.42 Å². The van der Waals surface area contributed by atoms with E-state index in [1.165, 1.54) is 18.2 Å². The predicted octanol–water partition coefficient (Wildman–Crippen LogP) is 3.53. The second kappa shape index (κ2) is 7.63. The van der Waals surface area contributed by atoms with Crippen molar-refractivity contribution in [2.24, 2.45) is 0 Å². The molecule has 2 aromatic rings. The zero-order valence-electron chi connectivity index (χ0n) is 11.5. The van der Waals surface area contributed by atoms with Gasteiger partial charge in [-0.05, 0) is 12.1 Å². The molecule has 0 fully saturated rings. The summed E-state index contributed by atoms with van der Waals surface area (Å²) in [6.07, 6.45) is 0.